The summed E-state index contributed by atoms with van der Waals surface area (Å²) in [7, 11) is -3.49. The molecule has 1 unspecified atom stereocenters. The van der Waals surface area contributed by atoms with E-state index < -0.39 is 10.2 Å². The topological polar surface area (TPSA) is 69.6 Å². The predicted molar refractivity (Wildman–Crippen MR) is 86.3 cm³/mol. The minimum atomic E-state index is -3.49. The average molecular weight is 320 g/mol. The molecule has 21 heavy (non-hydrogen) atoms. The molecular weight excluding hydrogens is 288 g/mol. The van der Waals surface area contributed by atoms with Gasteiger partial charge in [0.1, 0.15) is 0 Å². The van der Waals surface area contributed by atoms with E-state index in [4.69, 9.17) is 0 Å². The third-order valence-corrected chi connectivity index (χ3v) is 5.89. The first-order valence-corrected chi connectivity index (χ1v) is 9.64. The summed E-state index contributed by atoms with van der Waals surface area (Å²) in [6, 6.07) is -0.264. The second-order valence-corrected chi connectivity index (χ2v) is 8.60. The third-order valence-electron chi connectivity index (χ3n) is 4.28. The largest absolute Gasteiger partial charge is 0.395 e. The number of hydrogen-bond acceptors (Lipinski definition) is 3. The first-order chi connectivity index (χ1) is 9.82. The second-order valence-electron chi connectivity index (χ2n) is 6.89. The van der Waals surface area contributed by atoms with E-state index in [0.29, 0.717) is 13.1 Å². The van der Waals surface area contributed by atoms with E-state index in [2.05, 4.69) is 25.5 Å². The third kappa shape index (κ3) is 6.22. The van der Waals surface area contributed by atoms with E-state index in [1.54, 1.807) is 0 Å². The van der Waals surface area contributed by atoms with Crippen LogP contribution in [0.3, 0.4) is 0 Å². The van der Waals surface area contributed by atoms with Crippen molar-refractivity contribution in [3.63, 3.8) is 0 Å². The summed E-state index contributed by atoms with van der Waals surface area (Å²) >= 11 is 0. The lowest BCUT2D eigenvalue weighted by Gasteiger charge is -2.34. The average Bonchev–Trinajstić information content (AvgIpc) is 2.45. The van der Waals surface area contributed by atoms with Gasteiger partial charge in [-0.15, -0.1) is 0 Å². The normalized spacial score (nSPS) is 21.6. The van der Waals surface area contributed by atoms with Gasteiger partial charge >= 0.3 is 0 Å². The molecule has 0 aliphatic carbocycles. The fourth-order valence-corrected chi connectivity index (χ4v) is 4.46. The van der Waals surface area contributed by atoms with Crippen molar-refractivity contribution in [3.8, 4) is 0 Å². The maximum atomic E-state index is 12.4. The van der Waals surface area contributed by atoms with Crippen LogP contribution in [0.1, 0.15) is 65.7 Å². The molecule has 0 bridgehead atoms. The highest BCUT2D eigenvalue weighted by Gasteiger charge is 2.32. The van der Waals surface area contributed by atoms with Crippen molar-refractivity contribution in [3.05, 3.63) is 0 Å². The molecule has 0 saturated carbocycles. The fraction of sp³-hybridized carbons (Fsp3) is 1.00. The highest BCUT2D eigenvalue weighted by atomic mass is 32.2. The van der Waals surface area contributed by atoms with Crippen LogP contribution in [0, 0.1) is 5.41 Å². The fourth-order valence-electron chi connectivity index (χ4n) is 2.78. The van der Waals surface area contributed by atoms with Crippen molar-refractivity contribution < 1.29 is 13.5 Å². The number of nitrogens with zero attached hydrogens (tertiary/aromatic N) is 1. The molecule has 0 aromatic heterocycles. The lowest BCUT2D eigenvalue weighted by Crippen LogP contribution is -2.51. The number of unbranched alkanes of at least 4 members (excludes halogenated alkanes) is 2. The molecule has 0 radical (unpaired) electrons. The van der Waals surface area contributed by atoms with Gasteiger partial charge in [-0.25, -0.2) is 4.72 Å². The molecule has 5 nitrogen and oxygen atoms in total. The van der Waals surface area contributed by atoms with E-state index in [1.165, 1.54) is 17.1 Å². The van der Waals surface area contributed by atoms with Crippen molar-refractivity contribution in [2.45, 2.75) is 71.8 Å². The van der Waals surface area contributed by atoms with Crippen molar-refractivity contribution in [2.24, 2.45) is 5.41 Å². The minimum absolute atomic E-state index is 0.0350. The maximum absolute atomic E-state index is 12.4. The quantitative estimate of drug-likeness (QED) is 0.640. The summed E-state index contributed by atoms with van der Waals surface area (Å²) in [5.74, 6) is 0. The van der Waals surface area contributed by atoms with Gasteiger partial charge in [-0.2, -0.15) is 12.7 Å². The van der Waals surface area contributed by atoms with E-state index in [0.717, 1.165) is 32.1 Å². The molecule has 6 heteroatoms. The van der Waals surface area contributed by atoms with Gasteiger partial charge in [0.05, 0.1) is 6.61 Å². The monoisotopic (exact) mass is 320 g/mol. The first kappa shape index (κ1) is 18.9. The number of rotatable bonds is 9. The molecule has 1 aliphatic heterocycles. The summed E-state index contributed by atoms with van der Waals surface area (Å²) in [5, 5.41) is 9.36. The molecule has 1 aliphatic rings. The number of nitrogens with one attached hydrogen (secondary N) is 1. The Morgan fingerprint density at radius 3 is 2.62 bits per heavy atom. The molecule has 126 valence electrons. The molecule has 2 N–H and O–H groups in total. The standard InChI is InChI=1S/C15H32N2O3S/c1-4-5-7-10-15(2,3)13-16-21(19,20)17-11-8-6-9-14(17)12-18/h14,16,18H,4-13H2,1-3H3. The van der Waals surface area contributed by atoms with Crippen molar-refractivity contribution in [1.29, 1.82) is 0 Å². The molecule has 1 atom stereocenters. The summed E-state index contributed by atoms with van der Waals surface area (Å²) in [4.78, 5) is 0. The van der Waals surface area contributed by atoms with E-state index in [1.807, 2.05) is 0 Å². The molecule has 1 heterocycles. The first-order valence-electron chi connectivity index (χ1n) is 8.19. The number of hydrogen-bond donors (Lipinski definition) is 2. The van der Waals surface area contributed by atoms with Gasteiger partial charge in [0, 0.05) is 19.1 Å². The smallest absolute Gasteiger partial charge is 0.279 e. The lowest BCUT2D eigenvalue weighted by molar-refractivity contribution is 0.153. The van der Waals surface area contributed by atoms with Gasteiger partial charge in [0.2, 0.25) is 0 Å². The van der Waals surface area contributed by atoms with Gasteiger partial charge < -0.3 is 5.11 Å². The zero-order chi connectivity index (χ0) is 15.9. The van der Waals surface area contributed by atoms with E-state index in [9.17, 15) is 13.5 Å². The molecule has 0 amide bonds. The van der Waals surface area contributed by atoms with Crippen LogP contribution in [0.15, 0.2) is 0 Å². The Labute approximate surface area is 130 Å². The summed E-state index contributed by atoms with van der Waals surface area (Å²) in [6.07, 6.45) is 7.12. The van der Waals surface area contributed by atoms with Gasteiger partial charge in [0.15, 0.2) is 0 Å². The van der Waals surface area contributed by atoms with Crippen molar-refractivity contribution in [1.82, 2.24) is 9.03 Å². The summed E-state index contributed by atoms with van der Waals surface area (Å²) < 4.78 is 29.1. The number of piperidine rings is 1. The van der Waals surface area contributed by atoms with E-state index >= 15 is 0 Å². The van der Waals surface area contributed by atoms with Crippen LogP contribution < -0.4 is 4.72 Å². The minimum Gasteiger partial charge on any atom is -0.395 e. The van der Waals surface area contributed by atoms with Crippen LogP contribution in [-0.4, -0.2) is 43.6 Å². The Morgan fingerprint density at radius 1 is 1.29 bits per heavy atom. The predicted octanol–water partition coefficient (Wildman–Crippen LogP) is 2.27. The maximum Gasteiger partial charge on any atom is 0.279 e. The van der Waals surface area contributed by atoms with Crippen molar-refractivity contribution >= 4 is 10.2 Å². The molecule has 0 aromatic rings. The summed E-state index contributed by atoms with van der Waals surface area (Å²) in [5.41, 5.74) is -0.0350. The molecule has 1 rings (SSSR count). The van der Waals surface area contributed by atoms with Crippen LogP contribution in [-0.2, 0) is 10.2 Å². The zero-order valence-corrected chi connectivity index (χ0v) is 14.6. The van der Waals surface area contributed by atoms with Gasteiger partial charge in [-0.3, -0.25) is 0 Å². The second kappa shape index (κ2) is 8.46. The van der Waals surface area contributed by atoms with Crippen LogP contribution in [0.5, 0.6) is 0 Å². The Kier molecular flexibility index (Phi) is 7.60. The van der Waals surface area contributed by atoms with E-state index in [-0.39, 0.29) is 18.1 Å². The molecule has 1 fully saturated rings. The zero-order valence-electron chi connectivity index (χ0n) is 13.8. The Bertz CT molecular complexity index is 396. The Morgan fingerprint density at radius 2 is 2.00 bits per heavy atom. The molecule has 0 aromatic carbocycles. The van der Waals surface area contributed by atoms with Crippen LogP contribution in [0.25, 0.3) is 0 Å². The van der Waals surface area contributed by atoms with Crippen molar-refractivity contribution in [2.75, 3.05) is 19.7 Å². The van der Waals surface area contributed by atoms with Crippen LogP contribution in [0.2, 0.25) is 0 Å². The lowest BCUT2D eigenvalue weighted by atomic mass is 9.87. The van der Waals surface area contributed by atoms with Crippen LogP contribution in [0.4, 0.5) is 0 Å². The number of aliphatic hydroxyl groups excluding tert-OH is 1. The van der Waals surface area contributed by atoms with Gasteiger partial charge in [-0.1, -0.05) is 46.5 Å². The Hall–Kier alpha value is -0.170. The number of aliphatic hydroxyl groups is 1. The molecule has 0 spiro atoms. The molecular formula is C15H32N2O3S. The Balaban J connectivity index is 2.55. The van der Waals surface area contributed by atoms with Gasteiger partial charge in [-0.05, 0) is 24.7 Å². The molecule has 1 saturated heterocycles. The summed E-state index contributed by atoms with van der Waals surface area (Å²) in [6.45, 7) is 7.24. The van der Waals surface area contributed by atoms with Gasteiger partial charge in [0.25, 0.3) is 10.2 Å². The SMILES string of the molecule is CCCCCC(C)(C)CNS(=O)(=O)N1CCCCC1CO. The highest BCUT2D eigenvalue weighted by molar-refractivity contribution is 7.87. The highest BCUT2D eigenvalue weighted by Crippen LogP contribution is 2.24. The van der Waals surface area contributed by atoms with Crippen LogP contribution >= 0.6 is 0 Å².